The molecule has 0 radical (unpaired) electrons. The van der Waals surface area contributed by atoms with Crippen LogP contribution in [0.15, 0.2) is 53.5 Å². The molecule has 1 aliphatic heterocycles. The minimum atomic E-state index is -0.575. The van der Waals surface area contributed by atoms with Crippen LogP contribution < -0.4 is 5.32 Å². The number of benzene rings is 2. The molecular formula is C25H29N3O4S. The number of aryl methyl sites for hydroxylation is 1. The molecule has 2 amide bonds. The van der Waals surface area contributed by atoms with E-state index in [4.69, 9.17) is 9.73 Å². The number of nitrogens with zero attached hydrogens (tertiary/aromatic N) is 2. The Morgan fingerprint density at radius 1 is 1.15 bits per heavy atom. The molecule has 0 saturated carbocycles. The molecule has 1 fully saturated rings. The molecule has 2 aromatic rings. The number of hydrogen-bond donors (Lipinski definition) is 1. The standard InChI is InChI=1S/C25H29N3O4S/c1-5-18-6-10-21(11-7-18)27-25-28(16(2)15-32-4)24(31)22(33-25)14-23(30)26-20-12-8-19(9-13-20)17(3)29/h6-13,16,22H,5,14-15H2,1-4H3,(H,26,30). The van der Waals surface area contributed by atoms with Gasteiger partial charge in [0.05, 0.1) is 18.3 Å². The number of anilines is 1. The van der Waals surface area contributed by atoms with Gasteiger partial charge in [-0.2, -0.15) is 0 Å². The number of carbonyl (C=O) groups excluding carboxylic acids is 3. The Morgan fingerprint density at radius 2 is 1.82 bits per heavy atom. The first kappa shape index (κ1) is 24.7. The molecule has 1 saturated heterocycles. The zero-order chi connectivity index (χ0) is 24.0. The molecule has 7 nitrogen and oxygen atoms in total. The van der Waals surface area contributed by atoms with Crippen LogP contribution in [0.2, 0.25) is 0 Å². The number of aliphatic imine (C=N–C) groups is 1. The molecule has 1 N–H and O–H groups in total. The second-order valence-electron chi connectivity index (χ2n) is 7.92. The summed E-state index contributed by atoms with van der Waals surface area (Å²) in [6.07, 6.45) is 0.956. The highest BCUT2D eigenvalue weighted by molar-refractivity contribution is 8.15. The smallest absolute Gasteiger partial charge is 0.243 e. The highest BCUT2D eigenvalue weighted by Crippen LogP contribution is 2.33. The fourth-order valence-corrected chi connectivity index (χ4v) is 4.74. The van der Waals surface area contributed by atoms with Crippen molar-refractivity contribution < 1.29 is 19.1 Å². The molecule has 174 valence electrons. The van der Waals surface area contributed by atoms with Crippen molar-refractivity contribution in [2.24, 2.45) is 4.99 Å². The summed E-state index contributed by atoms with van der Waals surface area (Å²) >= 11 is 1.30. The SMILES string of the molecule is CCc1ccc(N=C2SC(CC(=O)Nc3ccc(C(C)=O)cc3)C(=O)N2C(C)COC)cc1. The van der Waals surface area contributed by atoms with E-state index in [-0.39, 0.29) is 30.1 Å². The topological polar surface area (TPSA) is 88.1 Å². The summed E-state index contributed by atoms with van der Waals surface area (Å²) in [7, 11) is 1.59. The average Bonchev–Trinajstić information content (AvgIpc) is 3.09. The molecular weight excluding hydrogens is 438 g/mol. The molecule has 2 atom stereocenters. The summed E-state index contributed by atoms with van der Waals surface area (Å²) in [5.74, 6) is -0.470. The van der Waals surface area contributed by atoms with Crippen molar-refractivity contribution in [1.29, 1.82) is 0 Å². The van der Waals surface area contributed by atoms with E-state index in [1.165, 1.54) is 24.2 Å². The van der Waals surface area contributed by atoms with Gasteiger partial charge in [0.1, 0.15) is 5.25 Å². The van der Waals surface area contributed by atoms with Gasteiger partial charge in [0.2, 0.25) is 11.8 Å². The molecule has 33 heavy (non-hydrogen) atoms. The molecule has 0 bridgehead atoms. The van der Waals surface area contributed by atoms with Crippen molar-refractivity contribution >= 4 is 45.9 Å². The number of amidine groups is 1. The third kappa shape index (κ3) is 6.30. The van der Waals surface area contributed by atoms with E-state index in [9.17, 15) is 14.4 Å². The first-order valence-corrected chi connectivity index (χ1v) is 11.8. The van der Waals surface area contributed by atoms with Gasteiger partial charge >= 0.3 is 0 Å². The lowest BCUT2D eigenvalue weighted by atomic mass is 10.1. The van der Waals surface area contributed by atoms with Crippen molar-refractivity contribution in [3.05, 3.63) is 59.7 Å². The van der Waals surface area contributed by atoms with Gasteiger partial charge in [-0.25, -0.2) is 4.99 Å². The van der Waals surface area contributed by atoms with E-state index >= 15 is 0 Å². The summed E-state index contributed by atoms with van der Waals surface area (Å²) in [5.41, 5.74) is 3.12. The lowest BCUT2D eigenvalue weighted by Gasteiger charge is -2.23. The molecule has 2 unspecified atom stereocenters. The number of methoxy groups -OCH3 is 1. The number of nitrogens with one attached hydrogen (secondary N) is 1. The van der Waals surface area contributed by atoms with Crippen LogP contribution in [0.1, 0.15) is 43.1 Å². The predicted octanol–water partition coefficient (Wildman–Crippen LogP) is 4.45. The van der Waals surface area contributed by atoms with Gasteiger partial charge in [-0.1, -0.05) is 30.8 Å². The summed E-state index contributed by atoms with van der Waals surface area (Å²) in [4.78, 5) is 43.6. The third-order valence-electron chi connectivity index (χ3n) is 5.33. The van der Waals surface area contributed by atoms with Gasteiger partial charge < -0.3 is 10.1 Å². The Kier molecular flexibility index (Phi) is 8.41. The van der Waals surface area contributed by atoms with Crippen LogP contribution in [-0.2, 0) is 20.7 Å². The lowest BCUT2D eigenvalue weighted by molar-refractivity contribution is -0.130. The van der Waals surface area contributed by atoms with Gasteiger partial charge in [-0.15, -0.1) is 0 Å². The number of ketones is 1. The summed E-state index contributed by atoms with van der Waals surface area (Å²) in [5, 5.41) is 2.80. The normalized spacial score (nSPS) is 17.9. The number of rotatable bonds is 9. The van der Waals surface area contributed by atoms with Crippen LogP contribution in [0, 0.1) is 0 Å². The predicted molar refractivity (Wildman–Crippen MR) is 132 cm³/mol. The van der Waals surface area contributed by atoms with E-state index in [0.717, 1.165) is 12.1 Å². The van der Waals surface area contributed by atoms with E-state index < -0.39 is 5.25 Å². The Morgan fingerprint density at radius 3 is 2.39 bits per heavy atom. The number of Topliss-reactive ketones (excluding diaryl/α,β-unsaturated/α-hetero) is 1. The first-order valence-electron chi connectivity index (χ1n) is 10.9. The van der Waals surface area contributed by atoms with Crippen LogP contribution >= 0.6 is 11.8 Å². The zero-order valence-corrected chi connectivity index (χ0v) is 20.1. The second kappa shape index (κ2) is 11.2. The minimum absolute atomic E-state index is 0.0158. The maximum absolute atomic E-state index is 13.2. The van der Waals surface area contributed by atoms with Crippen LogP contribution in [-0.4, -0.2) is 52.7 Å². The third-order valence-corrected chi connectivity index (χ3v) is 6.48. The van der Waals surface area contributed by atoms with Gasteiger partial charge in [0.15, 0.2) is 11.0 Å². The van der Waals surface area contributed by atoms with Crippen LogP contribution in [0.25, 0.3) is 0 Å². The Labute approximate surface area is 198 Å². The van der Waals surface area contributed by atoms with Gasteiger partial charge in [0, 0.05) is 24.8 Å². The number of amides is 2. The average molecular weight is 468 g/mol. The van der Waals surface area contributed by atoms with Crippen molar-refractivity contribution in [2.45, 2.75) is 44.9 Å². The van der Waals surface area contributed by atoms with E-state index in [1.807, 2.05) is 31.2 Å². The Hall–Kier alpha value is -2.97. The summed E-state index contributed by atoms with van der Waals surface area (Å²) in [6, 6.07) is 14.4. The molecule has 0 aliphatic carbocycles. The highest BCUT2D eigenvalue weighted by Gasteiger charge is 2.41. The van der Waals surface area contributed by atoms with Crippen LogP contribution in [0.4, 0.5) is 11.4 Å². The molecule has 0 spiro atoms. The minimum Gasteiger partial charge on any atom is -0.383 e. The summed E-state index contributed by atoms with van der Waals surface area (Å²) < 4.78 is 5.25. The number of ether oxygens (including phenoxy) is 1. The van der Waals surface area contributed by atoms with Gasteiger partial charge in [-0.3, -0.25) is 19.3 Å². The molecule has 3 rings (SSSR count). The first-order chi connectivity index (χ1) is 15.8. The van der Waals surface area contributed by atoms with Crippen molar-refractivity contribution in [3.63, 3.8) is 0 Å². The number of hydrogen-bond acceptors (Lipinski definition) is 6. The van der Waals surface area contributed by atoms with E-state index in [1.54, 1.807) is 36.3 Å². The number of thioether (sulfide) groups is 1. The maximum atomic E-state index is 13.2. The lowest BCUT2D eigenvalue weighted by Crippen LogP contribution is -2.42. The molecule has 1 heterocycles. The molecule has 2 aromatic carbocycles. The maximum Gasteiger partial charge on any atom is 0.243 e. The number of carbonyl (C=O) groups is 3. The molecule has 8 heteroatoms. The van der Waals surface area contributed by atoms with E-state index in [0.29, 0.717) is 23.0 Å². The van der Waals surface area contributed by atoms with Crippen molar-refractivity contribution in [2.75, 3.05) is 19.0 Å². The quantitative estimate of drug-likeness (QED) is 0.551. The fraction of sp³-hybridized carbons (Fsp3) is 0.360. The second-order valence-corrected chi connectivity index (χ2v) is 9.09. The van der Waals surface area contributed by atoms with Gasteiger partial charge in [0.25, 0.3) is 0 Å². The van der Waals surface area contributed by atoms with Crippen molar-refractivity contribution in [3.8, 4) is 0 Å². The van der Waals surface area contributed by atoms with Crippen molar-refractivity contribution in [1.82, 2.24) is 4.90 Å². The Balaban J connectivity index is 1.74. The summed E-state index contributed by atoms with van der Waals surface area (Å²) in [6.45, 7) is 5.84. The Bertz CT molecular complexity index is 1030. The van der Waals surface area contributed by atoms with E-state index in [2.05, 4.69) is 12.2 Å². The molecule has 1 aliphatic rings. The molecule has 0 aromatic heterocycles. The van der Waals surface area contributed by atoms with Crippen LogP contribution in [0.5, 0.6) is 0 Å². The highest BCUT2D eigenvalue weighted by atomic mass is 32.2. The zero-order valence-electron chi connectivity index (χ0n) is 19.3. The fourth-order valence-electron chi connectivity index (χ4n) is 3.50. The van der Waals surface area contributed by atoms with Crippen LogP contribution in [0.3, 0.4) is 0 Å². The monoisotopic (exact) mass is 467 g/mol. The van der Waals surface area contributed by atoms with Gasteiger partial charge in [-0.05, 0) is 62.2 Å². The largest absolute Gasteiger partial charge is 0.383 e.